The Morgan fingerprint density at radius 1 is 1.43 bits per heavy atom. The third-order valence-electron chi connectivity index (χ3n) is 3.95. The van der Waals surface area contributed by atoms with E-state index in [2.05, 4.69) is 25.9 Å². The topological polar surface area (TPSA) is 77.8 Å². The zero-order chi connectivity index (χ0) is 14.8. The summed E-state index contributed by atoms with van der Waals surface area (Å²) in [6.07, 6.45) is 6.22. The van der Waals surface area contributed by atoms with E-state index in [4.69, 9.17) is 4.74 Å². The molecule has 1 aliphatic heterocycles. The second-order valence-electron chi connectivity index (χ2n) is 5.17. The molecule has 0 amide bonds. The van der Waals surface area contributed by atoms with Gasteiger partial charge in [-0.1, -0.05) is 0 Å². The van der Waals surface area contributed by atoms with Gasteiger partial charge in [0.25, 0.3) is 0 Å². The van der Waals surface area contributed by atoms with Gasteiger partial charge in [-0.2, -0.15) is 5.26 Å². The van der Waals surface area contributed by atoms with Gasteiger partial charge in [0.15, 0.2) is 0 Å². The van der Waals surface area contributed by atoms with Crippen molar-refractivity contribution in [1.29, 1.82) is 5.26 Å². The summed E-state index contributed by atoms with van der Waals surface area (Å²) < 4.78 is 5.50. The highest BCUT2D eigenvalue weighted by Crippen LogP contribution is 2.36. The fourth-order valence-corrected chi connectivity index (χ4v) is 2.82. The highest BCUT2D eigenvalue weighted by molar-refractivity contribution is 5.58. The lowest BCUT2D eigenvalue weighted by molar-refractivity contribution is 0.118. The summed E-state index contributed by atoms with van der Waals surface area (Å²) in [5.74, 6) is 1.58. The monoisotopic (exact) mass is 283 g/mol. The molecule has 1 aliphatic rings. The number of ether oxygens (including phenoxy) is 1. The molecular weight excluding hydrogens is 266 g/mol. The second kappa shape index (κ2) is 5.54. The van der Waals surface area contributed by atoms with E-state index in [-0.39, 0.29) is 12.1 Å². The van der Waals surface area contributed by atoms with Crippen LogP contribution in [-0.2, 0) is 4.74 Å². The maximum atomic E-state index is 9.43. The minimum Gasteiger partial charge on any atom is -0.380 e. The standard InChI is InChI=1S/C15H17N5O/c1-10-3-4-19-15(12(10)8-16)20-9-11(21-2)7-13(20)14-17-5-6-18-14/h3-6,11,13H,7,9H2,1-2H3,(H,17,18)/t11-,13?/m1/s1. The Labute approximate surface area is 123 Å². The number of aromatic nitrogens is 3. The van der Waals surface area contributed by atoms with Crippen LogP contribution in [0.15, 0.2) is 24.7 Å². The number of pyridine rings is 1. The van der Waals surface area contributed by atoms with Gasteiger partial charge >= 0.3 is 0 Å². The van der Waals surface area contributed by atoms with Gasteiger partial charge < -0.3 is 14.6 Å². The summed E-state index contributed by atoms with van der Waals surface area (Å²) >= 11 is 0. The van der Waals surface area contributed by atoms with E-state index in [0.29, 0.717) is 17.9 Å². The van der Waals surface area contributed by atoms with Crippen LogP contribution in [-0.4, -0.2) is 34.7 Å². The molecule has 2 aromatic rings. The van der Waals surface area contributed by atoms with Gasteiger partial charge in [-0.25, -0.2) is 9.97 Å². The van der Waals surface area contributed by atoms with Crippen molar-refractivity contribution in [3.05, 3.63) is 41.6 Å². The van der Waals surface area contributed by atoms with Gasteiger partial charge in [0.2, 0.25) is 0 Å². The quantitative estimate of drug-likeness (QED) is 0.931. The molecule has 0 bridgehead atoms. The van der Waals surface area contributed by atoms with E-state index in [1.165, 1.54) is 0 Å². The molecule has 21 heavy (non-hydrogen) atoms. The average Bonchev–Trinajstić information content (AvgIpc) is 3.15. The SMILES string of the molecule is CO[C@@H]1CC(c2ncc[nH]2)N(c2nccc(C)c2C#N)C1. The number of anilines is 1. The third kappa shape index (κ3) is 2.36. The minimum atomic E-state index is 0.0475. The highest BCUT2D eigenvalue weighted by atomic mass is 16.5. The zero-order valence-electron chi connectivity index (χ0n) is 12.1. The molecule has 108 valence electrons. The van der Waals surface area contributed by atoms with Crippen molar-refractivity contribution in [2.45, 2.75) is 25.5 Å². The number of nitrogens with zero attached hydrogens (tertiary/aromatic N) is 4. The number of hydrogen-bond acceptors (Lipinski definition) is 5. The fraction of sp³-hybridized carbons (Fsp3) is 0.400. The van der Waals surface area contributed by atoms with Crippen molar-refractivity contribution in [3.63, 3.8) is 0 Å². The lowest BCUT2D eigenvalue weighted by atomic mass is 10.1. The molecule has 2 aromatic heterocycles. The molecule has 1 unspecified atom stereocenters. The summed E-state index contributed by atoms with van der Waals surface area (Å²) in [6, 6.07) is 4.17. The van der Waals surface area contributed by atoms with E-state index in [0.717, 1.165) is 17.8 Å². The Kier molecular flexibility index (Phi) is 3.59. The lowest BCUT2D eigenvalue weighted by Gasteiger charge is -2.25. The molecule has 0 saturated carbocycles. The van der Waals surface area contributed by atoms with Crippen molar-refractivity contribution in [2.75, 3.05) is 18.6 Å². The molecule has 3 heterocycles. The Bertz CT molecular complexity index is 661. The van der Waals surface area contributed by atoms with E-state index < -0.39 is 0 Å². The molecule has 1 N–H and O–H groups in total. The minimum absolute atomic E-state index is 0.0475. The van der Waals surface area contributed by atoms with Crippen LogP contribution in [0.2, 0.25) is 0 Å². The molecular formula is C15H17N5O. The van der Waals surface area contributed by atoms with Gasteiger partial charge in [-0.05, 0) is 18.6 Å². The first kappa shape index (κ1) is 13.6. The van der Waals surface area contributed by atoms with Gasteiger partial charge in [0.1, 0.15) is 17.7 Å². The summed E-state index contributed by atoms with van der Waals surface area (Å²) in [5.41, 5.74) is 1.55. The largest absolute Gasteiger partial charge is 0.380 e. The van der Waals surface area contributed by atoms with Crippen LogP contribution < -0.4 is 4.90 Å². The van der Waals surface area contributed by atoms with Gasteiger partial charge in [-0.15, -0.1) is 0 Å². The summed E-state index contributed by atoms with van der Waals surface area (Å²) in [5, 5.41) is 9.43. The van der Waals surface area contributed by atoms with E-state index in [9.17, 15) is 5.26 Å². The number of aryl methyl sites for hydroxylation is 1. The number of methoxy groups -OCH3 is 1. The van der Waals surface area contributed by atoms with Gasteiger partial charge in [-0.3, -0.25) is 0 Å². The first-order valence-electron chi connectivity index (χ1n) is 6.89. The van der Waals surface area contributed by atoms with Crippen LogP contribution in [0.3, 0.4) is 0 Å². The molecule has 2 atom stereocenters. The molecule has 1 saturated heterocycles. The number of nitriles is 1. The maximum absolute atomic E-state index is 9.43. The molecule has 6 nitrogen and oxygen atoms in total. The fourth-order valence-electron chi connectivity index (χ4n) is 2.82. The molecule has 0 spiro atoms. The van der Waals surface area contributed by atoms with Crippen LogP contribution in [0, 0.1) is 18.3 Å². The van der Waals surface area contributed by atoms with E-state index in [1.54, 1.807) is 19.5 Å². The van der Waals surface area contributed by atoms with Crippen molar-refractivity contribution < 1.29 is 4.74 Å². The number of rotatable bonds is 3. The predicted octanol–water partition coefficient (Wildman–Crippen LogP) is 1.95. The van der Waals surface area contributed by atoms with Crippen molar-refractivity contribution >= 4 is 5.82 Å². The van der Waals surface area contributed by atoms with Gasteiger partial charge in [0, 0.05) is 38.7 Å². The second-order valence-corrected chi connectivity index (χ2v) is 5.17. The van der Waals surface area contributed by atoms with Crippen LogP contribution in [0.25, 0.3) is 0 Å². The number of nitrogens with one attached hydrogen (secondary N) is 1. The Morgan fingerprint density at radius 3 is 2.95 bits per heavy atom. The predicted molar refractivity (Wildman–Crippen MR) is 77.8 cm³/mol. The van der Waals surface area contributed by atoms with E-state index >= 15 is 0 Å². The first-order valence-corrected chi connectivity index (χ1v) is 6.89. The smallest absolute Gasteiger partial charge is 0.147 e. The number of H-pyrrole nitrogens is 1. The number of imidazole rings is 1. The molecule has 0 aromatic carbocycles. The highest BCUT2D eigenvalue weighted by Gasteiger charge is 2.36. The van der Waals surface area contributed by atoms with Crippen LogP contribution in [0.4, 0.5) is 5.82 Å². The van der Waals surface area contributed by atoms with E-state index in [1.807, 2.05) is 19.2 Å². The summed E-state index contributed by atoms with van der Waals surface area (Å²) in [7, 11) is 1.71. The van der Waals surface area contributed by atoms with Crippen LogP contribution in [0.5, 0.6) is 0 Å². The first-order chi connectivity index (χ1) is 10.2. The Balaban J connectivity index is 2.03. The lowest BCUT2D eigenvalue weighted by Crippen LogP contribution is -2.27. The molecule has 3 rings (SSSR count). The average molecular weight is 283 g/mol. The molecule has 6 heteroatoms. The summed E-state index contributed by atoms with van der Waals surface area (Å²) in [6.45, 7) is 2.63. The zero-order valence-corrected chi connectivity index (χ0v) is 12.1. The molecule has 0 radical (unpaired) electrons. The molecule has 1 fully saturated rings. The third-order valence-corrected chi connectivity index (χ3v) is 3.95. The Morgan fingerprint density at radius 2 is 2.29 bits per heavy atom. The van der Waals surface area contributed by atoms with Crippen molar-refractivity contribution in [2.24, 2.45) is 0 Å². The summed E-state index contributed by atoms with van der Waals surface area (Å²) in [4.78, 5) is 14.1. The van der Waals surface area contributed by atoms with Gasteiger partial charge in [0.05, 0.1) is 17.7 Å². The number of aromatic amines is 1. The van der Waals surface area contributed by atoms with Crippen LogP contribution in [0.1, 0.15) is 29.4 Å². The van der Waals surface area contributed by atoms with Crippen molar-refractivity contribution in [1.82, 2.24) is 15.0 Å². The maximum Gasteiger partial charge on any atom is 0.147 e. The van der Waals surface area contributed by atoms with Crippen molar-refractivity contribution in [3.8, 4) is 6.07 Å². The number of hydrogen-bond donors (Lipinski definition) is 1. The normalized spacial score (nSPS) is 21.5. The molecule has 0 aliphatic carbocycles. The Hall–Kier alpha value is -2.39. The van der Waals surface area contributed by atoms with Crippen LogP contribution >= 0.6 is 0 Å².